The van der Waals surface area contributed by atoms with Crippen LogP contribution >= 0.6 is 0 Å². The second-order valence-electron chi connectivity index (χ2n) is 5.43. The number of carbonyl (C=O) groups is 1. The molecule has 0 aromatic carbocycles. The van der Waals surface area contributed by atoms with Gasteiger partial charge in [0.2, 0.25) is 0 Å². The summed E-state index contributed by atoms with van der Waals surface area (Å²) in [6, 6.07) is 0. The van der Waals surface area contributed by atoms with E-state index in [0.29, 0.717) is 79.3 Å². The van der Waals surface area contributed by atoms with Crippen LogP contribution in [0.25, 0.3) is 0 Å². The van der Waals surface area contributed by atoms with Crippen molar-refractivity contribution in [1.29, 1.82) is 0 Å². The van der Waals surface area contributed by atoms with E-state index in [0.717, 1.165) is 13.0 Å². The van der Waals surface area contributed by atoms with Crippen LogP contribution in [0.2, 0.25) is 0 Å². The quantitative estimate of drug-likeness (QED) is 0.253. The Kier molecular flexibility index (Phi) is 22.5. The fourth-order valence-corrected chi connectivity index (χ4v) is 1.73. The van der Waals surface area contributed by atoms with Gasteiger partial charge in [0.05, 0.1) is 92.3 Å². The standard InChI is InChI=1S/C18H36O9/c1-2-4-21-6-8-23-10-12-25-14-16-27-17-15-26-13-11-24-9-7-22-5-3-18(19)20/h2-17H2,1H3,(H,19,20). The molecule has 0 aromatic heterocycles. The summed E-state index contributed by atoms with van der Waals surface area (Å²) < 4.78 is 37.1. The summed E-state index contributed by atoms with van der Waals surface area (Å²) in [6.45, 7) is 9.19. The molecule has 0 amide bonds. The predicted octanol–water partition coefficient (Wildman–Crippen LogP) is 0.987. The minimum absolute atomic E-state index is 0.0104. The molecule has 1 N–H and O–H groups in total. The van der Waals surface area contributed by atoms with Crippen molar-refractivity contribution in [3.8, 4) is 0 Å². The van der Waals surface area contributed by atoms with Crippen molar-refractivity contribution in [1.82, 2.24) is 0 Å². The normalized spacial score (nSPS) is 11.1. The van der Waals surface area contributed by atoms with Crippen molar-refractivity contribution >= 4 is 5.97 Å². The molecule has 162 valence electrons. The highest BCUT2D eigenvalue weighted by Crippen LogP contribution is 1.86. The van der Waals surface area contributed by atoms with Gasteiger partial charge in [-0.25, -0.2) is 0 Å². The Balaban J connectivity index is 2.98. The Bertz CT molecular complexity index is 303. The second kappa shape index (κ2) is 23.2. The number of hydrogen-bond donors (Lipinski definition) is 1. The topological polar surface area (TPSA) is 102 Å². The Morgan fingerprint density at radius 3 is 1.04 bits per heavy atom. The lowest BCUT2D eigenvalue weighted by molar-refractivity contribution is -0.138. The van der Waals surface area contributed by atoms with Crippen molar-refractivity contribution < 1.29 is 43.1 Å². The van der Waals surface area contributed by atoms with Crippen molar-refractivity contribution in [3.63, 3.8) is 0 Å². The van der Waals surface area contributed by atoms with Gasteiger partial charge in [-0.1, -0.05) is 6.92 Å². The summed E-state index contributed by atoms with van der Waals surface area (Å²) in [5.41, 5.74) is 0. The van der Waals surface area contributed by atoms with Gasteiger partial charge < -0.3 is 38.3 Å². The zero-order valence-electron chi connectivity index (χ0n) is 16.5. The number of carboxylic acids is 1. The number of aliphatic carboxylic acids is 1. The Hall–Kier alpha value is -0.810. The molecule has 0 aromatic rings. The van der Waals surface area contributed by atoms with Crippen LogP contribution < -0.4 is 0 Å². The van der Waals surface area contributed by atoms with Gasteiger partial charge in [0.15, 0.2) is 0 Å². The van der Waals surface area contributed by atoms with E-state index in [-0.39, 0.29) is 13.0 Å². The van der Waals surface area contributed by atoms with Gasteiger partial charge in [-0.3, -0.25) is 4.79 Å². The molecule has 9 nitrogen and oxygen atoms in total. The first kappa shape index (κ1) is 26.2. The van der Waals surface area contributed by atoms with E-state index in [1.165, 1.54) is 0 Å². The van der Waals surface area contributed by atoms with Crippen molar-refractivity contribution in [2.24, 2.45) is 0 Å². The fraction of sp³-hybridized carbons (Fsp3) is 0.944. The molecule has 0 radical (unpaired) electrons. The van der Waals surface area contributed by atoms with Crippen LogP contribution in [0.15, 0.2) is 0 Å². The smallest absolute Gasteiger partial charge is 0.305 e. The first-order valence-corrected chi connectivity index (χ1v) is 9.53. The summed E-state index contributed by atoms with van der Waals surface area (Å²) in [5, 5.41) is 8.43. The molecule has 0 saturated heterocycles. The minimum Gasteiger partial charge on any atom is -0.481 e. The van der Waals surface area contributed by atoms with Crippen molar-refractivity contribution in [3.05, 3.63) is 0 Å². The van der Waals surface area contributed by atoms with Crippen LogP contribution in [0.4, 0.5) is 0 Å². The van der Waals surface area contributed by atoms with E-state index in [2.05, 4.69) is 6.92 Å². The molecule has 27 heavy (non-hydrogen) atoms. The molecule has 0 fully saturated rings. The molecule has 0 aliphatic carbocycles. The first-order valence-electron chi connectivity index (χ1n) is 9.53. The third kappa shape index (κ3) is 25.2. The van der Waals surface area contributed by atoms with Gasteiger partial charge in [0.1, 0.15) is 0 Å². The highest BCUT2D eigenvalue weighted by molar-refractivity contribution is 5.66. The Morgan fingerprint density at radius 2 is 0.778 bits per heavy atom. The van der Waals surface area contributed by atoms with E-state index < -0.39 is 5.97 Å². The molecule has 9 heteroatoms. The maximum atomic E-state index is 10.3. The lowest BCUT2D eigenvalue weighted by atomic mass is 10.5. The van der Waals surface area contributed by atoms with Gasteiger partial charge in [0, 0.05) is 6.61 Å². The number of carboxylic acid groups (broad SMARTS) is 1. The summed E-state index contributed by atoms with van der Waals surface area (Å²) in [7, 11) is 0. The average Bonchev–Trinajstić information content (AvgIpc) is 2.65. The minimum atomic E-state index is -0.865. The Morgan fingerprint density at radius 1 is 0.519 bits per heavy atom. The third-order valence-electron chi connectivity index (χ3n) is 3.04. The lowest BCUT2D eigenvalue weighted by Gasteiger charge is -2.08. The van der Waals surface area contributed by atoms with Crippen molar-refractivity contribution in [2.45, 2.75) is 19.8 Å². The van der Waals surface area contributed by atoms with Crippen LogP contribution in [-0.4, -0.2) is 104 Å². The van der Waals surface area contributed by atoms with Crippen molar-refractivity contribution in [2.75, 3.05) is 92.5 Å². The molecule has 0 saturated carbocycles. The van der Waals surface area contributed by atoms with E-state index in [9.17, 15) is 4.79 Å². The summed E-state index contributed by atoms with van der Waals surface area (Å²) >= 11 is 0. The van der Waals surface area contributed by atoms with Crippen LogP contribution in [0.3, 0.4) is 0 Å². The van der Waals surface area contributed by atoms with Gasteiger partial charge in [-0.15, -0.1) is 0 Å². The molecule has 0 spiro atoms. The van der Waals surface area contributed by atoms with Crippen LogP contribution in [0, 0.1) is 0 Å². The van der Waals surface area contributed by atoms with E-state index in [4.69, 9.17) is 38.3 Å². The van der Waals surface area contributed by atoms with Gasteiger partial charge in [0.25, 0.3) is 0 Å². The van der Waals surface area contributed by atoms with E-state index in [1.807, 2.05) is 0 Å². The van der Waals surface area contributed by atoms with Gasteiger partial charge >= 0.3 is 5.97 Å². The van der Waals surface area contributed by atoms with E-state index in [1.54, 1.807) is 0 Å². The summed E-state index contributed by atoms with van der Waals surface area (Å²) in [4.78, 5) is 10.3. The SMILES string of the molecule is CCCOCCOCCOCCOCCOCCOCCOCCC(=O)O. The largest absolute Gasteiger partial charge is 0.481 e. The highest BCUT2D eigenvalue weighted by atomic mass is 16.6. The Labute approximate surface area is 162 Å². The molecule has 0 heterocycles. The molecular formula is C18H36O9. The molecule has 0 atom stereocenters. The van der Waals surface area contributed by atoms with Gasteiger partial charge in [-0.05, 0) is 6.42 Å². The third-order valence-corrected chi connectivity index (χ3v) is 3.04. The number of ether oxygens (including phenoxy) is 7. The van der Waals surface area contributed by atoms with Crippen LogP contribution in [0.1, 0.15) is 19.8 Å². The predicted molar refractivity (Wildman–Crippen MR) is 98.3 cm³/mol. The first-order chi connectivity index (χ1) is 13.3. The molecule has 0 bridgehead atoms. The average molecular weight is 396 g/mol. The number of rotatable bonds is 23. The fourth-order valence-electron chi connectivity index (χ4n) is 1.73. The summed E-state index contributed by atoms with van der Waals surface area (Å²) in [5.74, 6) is -0.865. The lowest BCUT2D eigenvalue weighted by Crippen LogP contribution is -2.14. The molecule has 0 unspecified atom stereocenters. The zero-order chi connectivity index (χ0) is 19.8. The molecule has 0 aliphatic rings. The number of hydrogen-bond acceptors (Lipinski definition) is 8. The molecular weight excluding hydrogens is 360 g/mol. The second-order valence-corrected chi connectivity index (χ2v) is 5.43. The zero-order valence-corrected chi connectivity index (χ0v) is 16.5. The summed E-state index contributed by atoms with van der Waals surface area (Å²) in [6.07, 6.45) is 1.03. The van der Waals surface area contributed by atoms with Gasteiger partial charge in [-0.2, -0.15) is 0 Å². The monoisotopic (exact) mass is 396 g/mol. The van der Waals surface area contributed by atoms with E-state index >= 15 is 0 Å². The molecule has 0 rings (SSSR count). The molecule has 0 aliphatic heterocycles. The van der Waals surface area contributed by atoms with Crippen LogP contribution in [-0.2, 0) is 38.0 Å². The van der Waals surface area contributed by atoms with Crippen LogP contribution in [0.5, 0.6) is 0 Å². The maximum Gasteiger partial charge on any atom is 0.305 e. The maximum absolute atomic E-state index is 10.3. The highest BCUT2D eigenvalue weighted by Gasteiger charge is 1.96.